The van der Waals surface area contributed by atoms with Gasteiger partial charge in [0.05, 0.1) is 12.2 Å². The Morgan fingerprint density at radius 2 is 1.90 bits per heavy atom. The number of alkyl halides is 1. The van der Waals surface area contributed by atoms with E-state index < -0.39 is 30.3 Å². The van der Waals surface area contributed by atoms with Gasteiger partial charge in [0.2, 0.25) is 0 Å². The molecule has 0 spiro atoms. The molecule has 0 amide bonds. The van der Waals surface area contributed by atoms with Crippen LogP contribution in [-0.2, 0) is 17.6 Å². The van der Waals surface area contributed by atoms with Gasteiger partial charge >= 0.3 is 5.97 Å². The van der Waals surface area contributed by atoms with Gasteiger partial charge in [-0.1, -0.05) is 48.6 Å². The third kappa shape index (κ3) is 5.77. The SMILES string of the molecule is O=C(O)CCC/C=C\CC1C(/C=C/[C@H](O)C2Cc3ccccc3C2)[C@@H](F)C[C@@H]1O. The van der Waals surface area contributed by atoms with Crippen molar-refractivity contribution in [2.45, 2.75) is 63.3 Å². The summed E-state index contributed by atoms with van der Waals surface area (Å²) in [7, 11) is 0. The van der Waals surface area contributed by atoms with Crippen LogP contribution in [-0.4, -0.2) is 39.7 Å². The van der Waals surface area contributed by atoms with Gasteiger partial charge in [0.15, 0.2) is 0 Å². The number of carbonyl (C=O) groups is 1. The molecule has 2 aliphatic carbocycles. The van der Waals surface area contributed by atoms with Crippen LogP contribution in [0.5, 0.6) is 0 Å². The van der Waals surface area contributed by atoms with Gasteiger partial charge < -0.3 is 15.3 Å². The number of aliphatic hydroxyl groups excluding tert-OH is 2. The van der Waals surface area contributed by atoms with Crippen LogP contribution in [0.15, 0.2) is 48.6 Å². The van der Waals surface area contributed by atoms with Crippen LogP contribution in [0, 0.1) is 17.8 Å². The zero-order valence-electron chi connectivity index (χ0n) is 16.7. The van der Waals surface area contributed by atoms with Crippen molar-refractivity contribution in [2.24, 2.45) is 17.8 Å². The molecule has 2 aliphatic rings. The Morgan fingerprint density at radius 3 is 2.55 bits per heavy atom. The maximum Gasteiger partial charge on any atom is 0.303 e. The first-order valence-electron chi connectivity index (χ1n) is 10.6. The number of aliphatic carboxylic acids is 1. The molecule has 1 aromatic carbocycles. The molecule has 5 atom stereocenters. The molecule has 3 N–H and O–H groups in total. The second-order valence-corrected chi connectivity index (χ2v) is 8.37. The molecule has 1 fully saturated rings. The molecule has 0 bridgehead atoms. The Kier molecular flexibility index (Phi) is 7.62. The molecule has 0 radical (unpaired) electrons. The minimum atomic E-state index is -1.11. The Labute approximate surface area is 171 Å². The van der Waals surface area contributed by atoms with E-state index in [0.29, 0.717) is 19.3 Å². The highest BCUT2D eigenvalue weighted by atomic mass is 19.1. The quantitative estimate of drug-likeness (QED) is 0.433. The van der Waals surface area contributed by atoms with Gasteiger partial charge in [-0.05, 0) is 55.1 Å². The molecule has 0 aromatic heterocycles. The van der Waals surface area contributed by atoms with Gasteiger partial charge in [0, 0.05) is 18.8 Å². The van der Waals surface area contributed by atoms with Crippen molar-refractivity contribution in [1.29, 1.82) is 0 Å². The summed E-state index contributed by atoms with van der Waals surface area (Å²) in [6.07, 6.45) is 8.57. The van der Waals surface area contributed by atoms with Crippen molar-refractivity contribution in [3.8, 4) is 0 Å². The maximum atomic E-state index is 14.5. The molecule has 1 aromatic rings. The molecular formula is C24H31FO4. The normalized spacial score (nSPS) is 28.4. The number of hydrogen-bond acceptors (Lipinski definition) is 3. The lowest BCUT2D eigenvalue weighted by molar-refractivity contribution is -0.137. The minimum Gasteiger partial charge on any atom is -0.481 e. The standard InChI is InChI=1S/C24H31FO4/c25-21-15-23(27)20(9-3-1-2-4-10-24(28)29)19(21)11-12-22(26)18-13-16-7-5-6-8-17(16)14-18/h1,3,5-8,11-12,18-23,26-27H,2,4,9-10,13-15H2,(H,28,29)/b3-1-,12-11+/t19?,20?,21-,22-,23-/m0/s1. The summed E-state index contributed by atoms with van der Waals surface area (Å²) in [5, 5.41) is 29.5. The second-order valence-electron chi connectivity index (χ2n) is 8.37. The molecule has 1 saturated carbocycles. The average Bonchev–Trinajstić information content (AvgIpc) is 3.23. The maximum absolute atomic E-state index is 14.5. The summed E-state index contributed by atoms with van der Waals surface area (Å²) in [4.78, 5) is 10.5. The van der Waals surface area contributed by atoms with Gasteiger partial charge in [0.1, 0.15) is 6.17 Å². The van der Waals surface area contributed by atoms with Crippen molar-refractivity contribution < 1.29 is 24.5 Å². The number of allylic oxidation sites excluding steroid dienone is 3. The van der Waals surface area contributed by atoms with E-state index in [1.165, 1.54) is 11.1 Å². The van der Waals surface area contributed by atoms with Crippen LogP contribution in [0.25, 0.3) is 0 Å². The fourth-order valence-electron chi connectivity index (χ4n) is 4.64. The summed E-state index contributed by atoms with van der Waals surface area (Å²) in [6.45, 7) is 0. The van der Waals surface area contributed by atoms with Crippen LogP contribution in [0.1, 0.15) is 43.2 Å². The molecule has 158 valence electrons. The number of carboxylic acid groups (broad SMARTS) is 1. The van der Waals surface area contributed by atoms with Gasteiger partial charge in [-0.2, -0.15) is 0 Å². The predicted octanol–water partition coefficient (Wildman–Crippen LogP) is 3.85. The number of carboxylic acids is 1. The number of unbranched alkanes of at least 4 members (excludes halogenated alkanes) is 1. The lowest BCUT2D eigenvalue weighted by Crippen LogP contribution is -2.21. The van der Waals surface area contributed by atoms with Crippen molar-refractivity contribution in [1.82, 2.24) is 0 Å². The molecule has 29 heavy (non-hydrogen) atoms. The molecule has 4 nitrogen and oxygen atoms in total. The molecule has 0 heterocycles. The van der Waals surface area contributed by atoms with E-state index >= 15 is 0 Å². The van der Waals surface area contributed by atoms with Crippen LogP contribution in [0.3, 0.4) is 0 Å². The summed E-state index contributed by atoms with van der Waals surface area (Å²) < 4.78 is 14.5. The monoisotopic (exact) mass is 402 g/mol. The molecule has 3 rings (SSSR count). The topological polar surface area (TPSA) is 77.8 Å². The Bertz CT molecular complexity index is 719. The zero-order valence-corrected chi connectivity index (χ0v) is 16.7. The fraction of sp³-hybridized carbons (Fsp3) is 0.542. The smallest absolute Gasteiger partial charge is 0.303 e. The Morgan fingerprint density at radius 1 is 1.21 bits per heavy atom. The van der Waals surface area contributed by atoms with Crippen molar-refractivity contribution in [3.63, 3.8) is 0 Å². The third-order valence-electron chi connectivity index (χ3n) is 6.31. The molecule has 5 heteroatoms. The van der Waals surface area contributed by atoms with Crippen LogP contribution < -0.4 is 0 Å². The van der Waals surface area contributed by atoms with Gasteiger partial charge in [-0.15, -0.1) is 0 Å². The Balaban J connectivity index is 1.53. The summed E-state index contributed by atoms with van der Waals surface area (Å²) in [5.41, 5.74) is 2.55. The van der Waals surface area contributed by atoms with E-state index in [4.69, 9.17) is 5.11 Å². The summed E-state index contributed by atoms with van der Waals surface area (Å²) in [5.74, 6) is -1.32. The van der Waals surface area contributed by atoms with Crippen molar-refractivity contribution in [3.05, 3.63) is 59.7 Å². The van der Waals surface area contributed by atoms with Crippen LogP contribution in [0.2, 0.25) is 0 Å². The van der Waals surface area contributed by atoms with E-state index in [1.54, 1.807) is 12.2 Å². The van der Waals surface area contributed by atoms with Crippen LogP contribution >= 0.6 is 0 Å². The predicted molar refractivity (Wildman–Crippen MR) is 110 cm³/mol. The highest BCUT2D eigenvalue weighted by Crippen LogP contribution is 2.38. The van der Waals surface area contributed by atoms with E-state index in [0.717, 1.165) is 12.8 Å². The fourth-order valence-corrected chi connectivity index (χ4v) is 4.64. The molecule has 2 unspecified atom stereocenters. The van der Waals surface area contributed by atoms with E-state index in [1.807, 2.05) is 24.3 Å². The molecule has 0 aliphatic heterocycles. The first kappa shape index (κ1) is 21.7. The van der Waals surface area contributed by atoms with Gasteiger partial charge in [0.25, 0.3) is 0 Å². The summed E-state index contributed by atoms with van der Waals surface area (Å²) >= 11 is 0. The van der Waals surface area contributed by atoms with Gasteiger partial charge in [-0.3, -0.25) is 4.79 Å². The zero-order chi connectivity index (χ0) is 20.8. The number of aliphatic hydroxyl groups is 2. The number of benzene rings is 1. The first-order valence-corrected chi connectivity index (χ1v) is 10.6. The minimum absolute atomic E-state index is 0.112. The highest BCUT2D eigenvalue weighted by molar-refractivity contribution is 5.66. The highest BCUT2D eigenvalue weighted by Gasteiger charge is 2.40. The number of halogens is 1. The average molecular weight is 403 g/mol. The lowest BCUT2D eigenvalue weighted by Gasteiger charge is -2.20. The first-order chi connectivity index (χ1) is 14.0. The Hall–Kier alpha value is -1.98. The van der Waals surface area contributed by atoms with E-state index in [2.05, 4.69) is 12.1 Å². The largest absolute Gasteiger partial charge is 0.481 e. The van der Waals surface area contributed by atoms with Crippen molar-refractivity contribution in [2.75, 3.05) is 0 Å². The molecule has 0 saturated heterocycles. The second kappa shape index (κ2) is 10.2. The number of rotatable bonds is 9. The van der Waals surface area contributed by atoms with E-state index in [-0.39, 0.29) is 24.7 Å². The lowest BCUT2D eigenvalue weighted by atomic mass is 9.89. The van der Waals surface area contributed by atoms with Gasteiger partial charge in [-0.25, -0.2) is 4.39 Å². The van der Waals surface area contributed by atoms with Crippen LogP contribution in [0.4, 0.5) is 4.39 Å². The summed E-state index contributed by atoms with van der Waals surface area (Å²) in [6, 6.07) is 8.21. The third-order valence-corrected chi connectivity index (χ3v) is 6.31. The van der Waals surface area contributed by atoms with Crippen molar-refractivity contribution >= 4 is 5.97 Å². The molecular weight excluding hydrogens is 371 g/mol. The number of hydrogen-bond donors (Lipinski definition) is 3. The van der Waals surface area contributed by atoms with E-state index in [9.17, 15) is 19.4 Å². The number of fused-ring (bicyclic) bond motifs is 1.